The highest BCUT2D eigenvalue weighted by atomic mass is 16.4. The van der Waals surface area contributed by atoms with Crippen LogP contribution >= 0.6 is 0 Å². The molecule has 102 valence electrons. The molecule has 1 aromatic heterocycles. The van der Waals surface area contributed by atoms with Gasteiger partial charge in [-0.3, -0.25) is 0 Å². The van der Waals surface area contributed by atoms with Crippen molar-refractivity contribution in [2.45, 2.75) is 45.4 Å². The number of aromatic carboxylic acids is 1. The Hall–Kier alpha value is -1.77. The number of hydrogen-bond acceptors (Lipinski definition) is 1. The van der Waals surface area contributed by atoms with Crippen molar-refractivity contribution in [3.05, 3.63) is 35.5 Å². The largest absolute Gasteiger partial charge is 0.478 e. The van der Waals surface area contributed by atoms with Gasteiger partial charge in [-0.1, -0.05) is 32.6 Å². The zero-order valence-corrected chi connectivity index (χ0v) is 11.4. The Labute approximate surface area is 113 Å². The first kappa shape index (κ1) is 13.7. The number of rotatable bonds is 7. The number of aryl methyl sites for hydroxylation is 1. The Balaban J connectivity index is 1.99. The van der Waals surface area contributed by atoms with E-state index in [2.05, 4.69) is 18.0 Å². The van der Waals surface area contributed by atoms with Gasteiger partial charge in [0.25, 0.3) is 0 Å². The van der Waals surface area contributed by atoms with Crippen LogP contribution in [-0.2, 0) is 6.42 Å². The minimum Gasteiger partial charge on any atom is -0.478 e. The second-order valence-corrected chi connectivity index (χ2v) is 5.07. The Bertz CT molecular complexity index is 557. The zero-order chi connectivity index (χ0) is 13.7. The second-order valence-electron chi connectivity index (χ2n) is 5.07. The number of hydrogen-bond donors (Lipinski definition) is 2. The standard InChI is InChI=1S/C16H21NO2/c1-2-3-4-5-6-7-14-11-13-10-12(16(18)19)8-9-15(13)17-14/h8-11,17H,2-7H2,1H3,(H,18,19). The Morgan fingerprint density at radius 2 is 1.95 bits per heavy atom. The topological polar surface area (TPSA) is 53.1 Å². The SMILES string of the molecule is CCCCCCCc1cc2cc(C(=O)O)ccc2[nH]1. The molecule has 3 heteroatoms. The van der Waals surface area contributed by atoms with Crippen LogP contribution in [-0.4, -0.2) is 16.1 Å². The summed E-state index contributed by atoms with van der Waals surface area (Å²) in [6.45, 7) is 2.22. The van der Waals surface area contributed by atoms with E-state index in [-0.39, 0.29) is 0 Å². The van der Waals surface area contributed by atoms with Gasteiger partial charge in [0.2, 0.25) is 0 Å². The van der Waals surface area contributed by atoms with E-state index in [4.69, 9.17) is 5.11 Å². The van der Waals surface area contributed by atoms with Crippen LogP contribution in [0.4, 0.5) is 0 Å². The summed E-state index contributed by atoms with van der Waals surface area (Å²) in [6, 6.07) is 7.29. The maximum Gasteiger partial charge on any atom is 0.335 e. The zero-order valence-electron chi connectivity index (χ0n) is 11.4. The molecule has 0 fully saturated rings. The third kappa shape index (κ3) is 3.60. The molecule has 1 heterocycles. The molecule has 0 bridgehead atoms. The minimum atomic E-state index is -0.871. The molecule has 0 unspecified atom stereocenters. The summed E-state index contributed by atoms with van der Waals surface area (Å²) in [6.07, 6.45) is 7.39. The number of nitrogens with one attached hydrogen (secondary N) is 1. The summed E-state index contributed by atoms with van der Waals surface area (Å²) >= 11 is 0. The summed E-state index contributed by atoms with van der Waals surface area (Å²) in [5, 5.41) is 9.95. The first-order chi connectivity index (χ1) is 9.20. The number of unbranched alkanes of at least 4 members (excludes halogenated alkanes) is 4. The number of fused-ring (bicyclic) bond motifs is 1. The molecule has 0 saturated carbocycles. The van der Waals surface area contributed by atoms with Gasteiger partial charge < -0.3 is 10.1 Å². The molecule has 19 heavy (non-hydrogen) atoms. The van der Waals surface area contributed by atoms with Crippen molar-refractivity contribution in [2.75, 3.05) is 0 Å². The van der Waals surface area contributed by atoms with E-state index in [9.17, 15) is 4.79 Å². The van der Waals surface area contributed by atoms with Gasteiger partial charge >= 0.3 is 5.97 Å². The number of benzene rings is 1. The van der Waals surface area contributed by atoms with Crippen molar-refractivity contribution in [3.8, 4) is 0 Å². The maximum absolute atomic E-state index is 10.9. The molecule has 0 amide bonds. The van der Waals surface area contributed by atoms with Crippen molar-refractivity contribution in [3.63, 3.8) is 0 Å². The lowest BCUT2D eigenvalue weighted by atomic mass is 10.1. The van der Waals surface area contributed by atoms with Crippen LogP contribution in [0.1, 0.15) is 55.1 Å². The van der Waals surface area contributed by atoms with Crippen LogP contribution in [0.25, 0.3) is 10.9 Å². The van der Waals surface area contributed by atoms with Crippen LogP contribution in [0.3, 0.4) is 0 Å². The van der Waals surface area contributed by atoms with E-state index in [1.807, 2.05) is 6.07 Å². The van der Waals surface area contributed by atoms with Crippen LogP contribution in [0.2, 0.25) is 0 Å². The molecule has 0 aliphatic rings. The summed E-state index contributed by atoms with van der Waals surface area (Å²) in [5.41, 5.74) is 2.57. The van der Waals surface area contributed by atoms with Crippen molar-refractivity contribution in [2.24, 2.45) is 0 Å². The Kier molecular flexibility index (Phi) is 4.61. The van der Waals surface area contributed by atoms with Crippen molar-refractivity contribution in [1.82, 2.24) is 4.98 Å². The summed E-state index contributed by atoms with van der Waals surface area (Å²) in [7, 11) is 0. The summed E-state index contributed by atoms with van der Waals surface area (Å²) in [4.78, 5) is 14.3. The van der Waals surface area contributed by atoms with E-state index in [1.165, 1.54) is 37.8 Å². The molecule has 2 N–H and O–H groups in total. The van der Waals surface area contributed by atoms with Gasteiger partial charge in [-0.2, -0.15) is 0 Å². The number of carbonyl (C=O) groups is 1. The Morgan fingerprint density at radius 3 is 2.68 bits per heavy atom. The van der Waals surface area contributed by atoms with Gasteiger partial charge in [-0.05, 0) is 37.1 Å². The molecular weight excluding hydrogens is 238 g/mol. The fraction of sp³-hybridized carbons (Fsp3) is 0.438. The summed E-state index contributed by atoms with van der Waals surface area (Å²) < 4.78 is 0. The highest BCUT2D eigenvalue weighted by Gasteiger charge is 2.06. The molecular formula is C16H21NO2. The number of aromatic nitrogens is 1. The fourth-order valence-electron chi connectivity index (χ4n) is 2.38. The lowest BCUT2D eigenvalue weighted by Crippen LogP contribution is -1.94. The third-order valence-corrected chi connectivity index (χ3v) is 3.47. The number of carboxylic acids is 1. The monoisotopic (exact) mass is 259 g/mol. The van der Waals surface area contributed by atoms with Crippen LogP contribution < -0.4 is 0 Å². The third-order valence-electron chi connectivity index (χ3n) is 3.47. The molecule has 3 nitrogen and oxygen atoms in total. The molecule has 0 spiro atoms. The molecule has 0 atom stereocenters. The maximum atomic E-state index is 10.9. The molecule has 2 rings (SSSR count). The molecule has 0 saturated heterocycles. The van der Waals surface area contributed by atoms with Gasteiger partial charge in [0.05, 0.1) is 5.56 Å². The normalized spacial score (nSPS) is 11.0. The number of aromatic amines is 1. The molecule has 0 aliphatic heterocycles. The average Bonchev–Trinajstić information content (AvgIpc) is 2.80. The van der Waals surface area contributed by atoms with Gasteiger partial charge in [0.1, 0.15) is 0 Å². The predicted molar refractivity (Wildman–Crippen MR) is 77.7 cm³/mol. The number of H-pyrrole nitrogens is 1. The van der Waals surface area contributed by atoms with E-state index in [0.29, 0.717) is 5.56 Å². The quantitative estimate of drug-likeness (QED) is 0.725. The number of carboxylic acid groups (broad SMARTS) is 1. The fourth-order valence-corrected chi connectivity index (χ4v) is 2.38. The molecule has 0 radical (unpaired) electrons. The molecule has 0 aliphatic carbocycles. The lowest BCUT2D eigenvalue weighted by molar-refractivity contribution is 0.0697. The average molecular weight is 259 g/mol. The minimum absolute atomic E-state index is 0.348. The summed E-state index contributed by atoms with van der Waals surface area (Å²) in [5.74, 6) is -0.871. The van der Waals surface area contributed by atoms with Crippen molar-refractivity contribution < 1.29 is 9.90 Å². The highest BCUT2D eigenvalue weighted by molar-refractivity contribution is 5.93. The van der Waals surface area contributed by atoms with Gasteiger partial charge in [0, 0.05) is 16.6 Å². The van der Waals surface area contributed by atoms with E-state index >= 15 is 0 Å². The smallest absolute Gasteiger partial charge is 0.335 e. The van der Waals surface area contributed by atoms with E-state index in [1.54, 1.807) is 12.1 Å². The molecule has 2 aromatic rings. The second kappa shape index (κ2) is 6.41. The van der Waals surface area contributed by atoms with Crippen molar-refractivity contribution >= 4 is 16.9 Å². The van der Waals surface area contributed by atoms with Crippen LogP contribution in [0.15, 0.2) is 24.3 Å². The van der Waals surface area contributed by atoms with E-state index in [0.717, 1.165) is 17.3 Å². The van der Waals surface area contributed by atoms with Crippen molar-refractivity contribution in [1.29, 1.82) is 0 Å². The highest BCUT2D eigenvalue weighted by Crippen LogP contribution is 2.19. The lowest BCUT2D eigenvalue weighted by Gasteiger charge is -1.98. The van der Waals surface area contributed by atoms with Crippen LogP contribution in [0, 0.1) is 0 Å². The van der Waals surface area contributed by atoms with Gasteiger partial charge in [-0.15, -0.1) is 0 Å². The van der Waals surface area contributed by atoms with Gasteiger partial charge in [-0.25, -0.2) is 4.79 Å². The van der Waals surface area contributed by atoms with E-state index < -0.39 is 5.97 Å². The van der Waals surface area contributed by atoms with Gasteiger partial charge in [0.15, 0.2) is 0 Å². The van der Waals surface area contributed by atoms with Crippen LogP contribution in [0.5, 0.6) is 0 Å². The predicted octanol–water partition coefficient (Wildman–Crippen LogP) is 4.38. The Morgan fingerprint density at radius 1 is 1.16 bits per heavy atom. The first-order valence-corrected chi connectivity index (χ1v) is 7.05. The first-order valence-electron chi connectivity index (χ1n) is 7.05. The molecule has 1 aromatic carbocycles.